The van der Waals surface area contributed by atoms with Crippen LogP contribution >= 0.6 is 11.6 Å². The van der Waals surface area contributed by atoms with E-state index in [-0.39, 0.29) is 34.4 Å². The smallest absolute Gasteiger partial charge is 0.272 e. The summed E-state index contributed by atoms with van der Waals surface area (Å²) in [4.78, 5) is 32.9. The third-order valence-electron chi connectivity index (χ3n) is 3.95. The normalized spacial score (nSPS) is 11.5. The van der Waals surface area contributed by atoms with E-state index in [4.69, 9.17) is 11.6 Å². The highest BCUT2D eigenvalue weighted by Gasteiger charge is 2.21. The number of aromatic nitrogens is 4. The zero-order valence-corrected chi connectivity index (χ0v) is 16.9. The molecule has 2 heterocycles. The fraction of sp³-hybridized carbons (Fsp3) is 0.316. The van der Waals surface area contributed by atoms with Crippen LogP contribution in [0.4, 0.5) is 10.2 Å². The summed E-state index contributed by atoms with van der Waals surface area (Å²) < 4.78 is 13.2. The average Bonchev–Trinajstić information content (AvgIpc) is 3.03. The molecule has 3 rings (SSSR count). The van der Waals surface area contributed by atoms with Crippen LogP contribution in [0, 0.1) is 11.2 Å². The van der Waals surface area contributed by atoms with Gasteiger partial charge in [-0.05, 0) is 23.1 Å². The maximum atomic E-state index is 13.2. The molecule has 0 atom stereocenters. The quantitative estimate of drug-likeness (QED) is 0.587. The lowest BCUT2D eigenvalue weighted by atomic mass is 9.92. The number of rotatable bonds is 5. The van der Waals surface area contributed by atoms with Crippen molar-refractivity contribution in [3.8, 4) is 0 Å². The van der Waals surface area contributed by atoms with Gasteiger partial charge in [0.05, 0.1) is 5.02 Å². The van der Waals surface area contributed by atoms with Crippen molar-refractivity contribution in [1.82, 2.24) is 25.5 Å². The van der Waals surface area contributed by atoms with E-state index in [1.54, 1.807) is 0 Å². The van der Waals surface area contributed by atoms with Gasteiger partial charge in [-0.1, -0.05) is 38.4 Å². The highest BCUT2D eigenvalue weighted by Crippen LogP contribution is 2.23. The monoisotopic (exact) mass is 418 g/mol. The van der Waals surface area contributed by atoms with Crippen LogP contribution in [0.25, 0.3) is 11.0 Å². The number of nitrogens with one attached hydrogen (secondary N) is 3. The van der Waals surface area contributed by atoms with E-state index >= 15 is 0 Å². The summed E-state index contributed by atoms with van der Waals surface area (Å²) in [5.41, 5.74) is 1.16. The Balaban J connectivity index is 1.76. The maximum absolute atomic E-state index is 13.2. The summed E-state index contributed by atoms with van der Waals surface area (Å²) >= 11 is 5.75. The van der Waals surface area contributed by atoms with Crippen LogP contribution in [0.15, 0.2) is 24.5 Å². The minimum atomic E-state index is -0.530. The number of benzene rings is 1. The SMILES string of the molecule is CC(C)(C)CC(=O)Nc1n[nH]c2c(C(=O)NCc3ccc(F)c(Cl)c3)ncnc12. The van der Waals surface area contributed by atoms with Crippen molar-refractivity contribution in [2.75, 3.05) is 5.32 Å². The van der Waals surface area contributed by atoms with Gasteiger partial charge >= 0.3 is 0 Å². The van der Waals surface area contributed by atoms with Gasteiger partial charge in [0.25, 0.3) is 5.91 Å². The first-order valence-electron chi connectivity index (χ1n) is 8.85. The fourth-order valence-corrected chi connectivity index (χ4v) is 2.87. The molecule has 0 saturated carbocycles. The molecule has 0 spiro atoms. The summed E-state index contributed by atoms with van der Waals surface area (Å²) in [5.74, 6) is -0.980. The predicted octanol–water partition coefficient (Wildman–Crippen LogP) is 3.45. The molecule has 152 valence electrons. The number of anilines is 1. The van der Waals surface area contributed by atoms with Crippen molar-refractivity contribution in [2.45, 2.75) is 33.7 Å². The summed E-state index contributed by atoms with van der Waals surface area (Å²) in [7, 11) is 0. The van der Waals surface area contributed by atoms with Crippen LogP contribution in [-0.4, -0.2) is 32.0 Å². The second-order valence-corrected chi connectivity index (χ2v) is 8.14. The van der Waals surface area contributed by atoms with E-state index in [0.717, 1.165) is 0 Å². The molecule has 3 aromatic rings. The third kappa shape index (κ3) is 5.05. The molecule has 0 unspecified atom stereocenters. The Morgan fingerprint density at radius 2 is 2.00 bits per heavy atom. The molecule has 0 fully saturated rings. The van der Waals surface area contributed by atoms with Crippen LogP contribution in [0.3, 0.4) is 0 Å². The summed E-state index contributed by atoms with van der Waals surface area (Å²) in [6.45, 7) is 5.99. The van der Waals surface area contributed by atoms with Crippen molar-refractivity contribution >= 4 is 40.3 Å². The van der Waals surface area contributed by atoms with Gasteiger partial charge < -0.3 is 10.6 Å². The molecule has 3 N–H and O–H groups in total. The molecule has 1 aromatic carbocycles. The number of carbonyl (C=O) groups is 2. The van der Waals surface area contributed by atoms with E-state index < -0.39 is 11.7 Å². The Bertz CT molecular complexity index is 1080. The van der Waals surface area contributed by atoms with E-state index in [1.807, 2.05) is 20.8 Å². The van der Waals surface area contributed by atoms with Gasteiger partial charge in [0.1, 0.15) is 23.2 Å². The Morgan fingerprint density at radius 1 is 1.24 bits per heavy atom. The van der Waals surface area contributed by atoms with Crippen LogP contribution in [0.5, 0.6) is 0 Å². The van der Waals surface area contributed by atoms with Gasteiger partial charge in [0.2, 0.25) is 5.91 Å². The Labute approximate surface area is 171 Å². The third-order valence-corrected chi connectivity index (χ3v) is 4.24. The second-order valence-electron chi connectivity index (χ2n) is 7.73. The molecule has 0 aliphatic heterocycles. The molecular weight excluding hydrogens is 399 g/mol. The molecule has 29 heavy (non-hydrogen) atoms. The topological polar surface area (TPSA) is 113 Å². The number of carbonyl (C=O) groups excluding carboxylic acids is 2. The van der Waals surface area contributed by atoms with Crippen LogP contribution in [0.2, 0.25) is 5.02 Å². The van der Waals surface area contributed by atoms with Crippen molar-refractivity contribution in [1.29, 1.82) is 0 Å². The Kier molecular flexibility index (Phi) is 5.78. The van der Waals surface area contributed by atoms with E-state index in [9.17, 15) is 14.0 Å². The number of hydrogen-bond donors (Lipinski definition) is 3. The molecule has 0 bridgehead atoms. The first-order chi connectivity index (χ1) is 13.6. The number of amides is 2. The maximum Gasteiger partial charge on any atom is 0.272 e. The van der Waals surface area contributed by atoms with Gasteiger partial charge in [-0.25, -0.2) is 14.4 Å². The molecular formula is C19H20ClFN6O2. The molecule has 0 saturated heterocycles. The number of halogens is 2. The molecule has 0 aliphatic carbocycles. The highest BCUT2D eigenvalue weighted by molar-refractivity contribution is 6.30. The fourth-order valence-electron chi connectivity index (χ4n) is 2.67. The molecule has 0 aliphatic rings. The van der Waals surface area contributed by atoms with Gasteiger partial charge in [-0.15, -0.1) is 0 Å². The van der Waals surface area contributed by atoms with Gasteiger partial charge in [-0.2, -0.15) is 5.10 Å². The zero-order valence-electron chi connectivity index (χ0n) is 16.1. The van der Waals surface area contributed by atoms with E-state index in [2.05, 4.69) is 30.8 Å². The lowest BCUT2D eigenvalue weighted by Crippen LogP contribution is -2.24. The lowest BCUT2D eigenvalue weighted by Gasteiger charge is -2.16. The van der Waals surface area contributed by atoms with E-state index in [0.29, 0.717) is 23.0 Å². The molecule has 8 nitrogen and oxygen atoms in total. The number of H-pyrrole nitrogens is 1. The molecule has 0 radical (unpaired) electrons. The number of nitrogens with zero attached hydrogens (tertiary/aromatic N) is 3. The first kappa shape index (κ1) is 20.7. The first-order valence-corrected chi connectivity index (χ1v) is 9.23. The molecule has 2 amide bonds. The average molecular weight is 419 g/mol. The minimum absolute atomic E-state index is 0.0228. The van der Waals surface area contributed by atoms with Crippen LogP contribution in [-0.2, 0) is 11.3 Å². The van der Waals surface area contributed by atoms with Crippen molar-refractivity contribution in [2.24, 2.45) is 5.41 Å². The number of hydrogen-bond acceptors (Lipinski definition) is 5. The largest absolute Gasteiger partial charge is 0.347 e. The minimum Gasteiger partial charge on any atom is -0.347 e. The molecule has 10 heteroatoms. The predicted molar refractivity (Wildman–Crippen MR) is 107 cm³/mol. The van der Waals surface area contributed by atoms with Gasteiger partial charge in [-0.3, -0.25) is 14.7 Å². The summed E-state index contributed by atoms with van der Waals surface area (Å²) in [5, 5.41) is 12.1. The van der Waals surface area contributed by atoms with E-state index in [1.165, 1.54) is 24.5 Å². The van der Waals surface area contributed by atoms with Crippen molar-refractivity contribution < 1.29 is 14.0 Å². The zero-order chi connectivity index (χ0) is 21.2. The number of aromatic amines is 1. The molecule has 2 aromatic heterocycles. The second kappa shape index (κ2) is 8.12. The number of fused-ring (bicyclic) bond motifs is 1. The van der Waals surface area contributed by atoms with Gasteiger partial charge in [0, 0.05) is 13.0 Å². The lowest BCUT2D eigenvalue weighted by molar-refractivity contribution is -0.117. The van der Waals surface area contributed by atoms with Crippen molar-refractivity contribution in [3.05, 3.63) is 46.6 Å². The summed E-state index contributed by atoms with van der Waals surface area (Å²) in [6.07, 6.45) is 1.53. The highest BCUT2D eigenvalue weighted by atomic mass is 35.5. The van der Waals surface area contributed by atoms with Gasteiger partial charge in [0.15, 0.2) is 11.5 Å². The van der Waals surface area contributed by atoms with Crippen LogP contribution in [0.1, 0.15) is 43.2 Å². The standard InChI is InChI=1S/C19H20ClFN6O2/c1-19(2,3)7-13(28)25-17-15-14(26-27-17)16(24-9-23-15)18(29)22-8-10-4-5-12(21)11(20)6-10/h4-6,9H,7-8H2,1-3H3,(H,22,29)(H2,25,26,27,28). The Hall–Kier alpha value is -3.07. The Morgan fingerprint density at radius 3 is 2.69 bits per heavy atom. The van der Waals surface area contributed by atoms with Crippen molar-refractivity contribution in [3.63, 3.8) is 0 Å². The van der Waals surface area contributed by atoms with Crippen LogP contribution < -0.4 is 10.6 Å². The summed E-state index contributed by atoms with van der Waals surface area (Å²) in [6, 6.07) is 4.19.